The topological polar surface area (TPSA) is 79.0 Å². The highest BCUT2D eigenvalue weighted by molar-refractivity contribution is 5.68. The van der Waals surface area contributed by atoms with Crippen LogP contribution < -0.4 is 5.69 Å². The number of para-hydroxylation sites is 1. The molecule has 1 aromatic carbocycles. The number of ether oxygens (including phenoxy) is 1. The third-order valence-electron chi connectivity index (χ3n) is 2.15. The van der Waals surface area contributed by atoms with E-state index >= 15 is 0 Å². The van der Waals surface area contributed by atoms with Crippen LogP contribution in [0.3, 0.4) is 0 Å². The number of nitrogens with zero attached hydrogens (tertiary/aromatic N) is 4. The number of tetrazole rings is 1. The van der Waals surface area contributed by atoms with Crippen molar-refractivity contribution in [1.29, 1.82) is 0 Å². The molecule has 0 N–H and O–H groups in total. The molecule has 0 amide bonds. The molecule has 0 bridgehead atoms. The summed E-state index contributed by atoms with van der Waals surface area (Å²) < 4.78 is 6.51. The Morgan fingerprint density at radius 2 is 2.00 bits per heavy atom. The molecule has 0 aliphatic heterocycles. The van der Waals surface area contributed by atoms with E-state index in [1.807, 2.05) is 6.07 Å². The maximum Gasteiger partial charge on any atom is 0.369 e. The van der Waals surface area contributed by atoms with E-state index in [0.29, 0.717) is 5.69 Å². The fourth-order valence-corrected chi connectivity index (χ4v) is 1.29. The van der Waals surface area contributed by atoms with Crippen LogP contribution in [0.2, 0.25) is 0 Å². The zero-order valence-electron chi connectivity index (χ0n) is 9.11. The van der Waals surface area contributed by atoms with E-state index < -0.39 is 11.7 Å². The summed E-state index contributed by atoms with van der Waals surface area (Å²) in [5.41, 5.74) is 0.107. The Hall–Kier alpha value is -2.44. The zero-order chi connectivity index (χ0) is 12.3. The summed E-state index contributed by atoms with van der Waals surface area (Å²) in [5, 5.41) is 7.28. The number of aromatic nitrogens is 4. The largest absolute Gasteiger partial charge is 0.468 e. The van der Waals surface area contributed by atoms with Crippen molar-refractivity contribution in [3.8, 4) is 5.69 Å². The van der Waals surface area contributed by atoms with E-state index in [9.17, 15) is 9.59 Å². The van der Waals surface area contributed by atoms with Gasteiger partial charge in [-0.2, -0.15) is 9.36 Å². The van der Waals surface area contributed by atoms with Crippen LogP contribution in [0.1, 0.15) is 0 Å². The van der Waals surface area contributed by atoms with Gasteiger partial charge in [-0.3, -0.25) is 4.79 Å². The normalized spacial score (nSPS) is 10.2. The Kier molecular flexibility index (Phi) is 2.99. The Bertz CT molecular complexity index is 573. The van der Waals surface area contributed by atoms with Crippen molar-refractivity contribution in [2.45, 2.75) is 6.54 Å². The predicted octanol–water partition coefficient (Wildman–Crippen LogP) is -0.398. The van der Waals surface area contributed by atoms with Crippen LogP contribution in [0.4, 0.5) is 0 Å². The highest BCUT2D eigenvalue weighted by Crippen LogP contribution is 2.00. The van der Waals surface area contributed by atoms with Crippen molar-refractivity contribution in [2.75, 3.05) is 7.11 Å². The molecule has 0 fully saturated rings. The first kappa shape index (κ1) is 11.1. The average molecular weight is 234 g/mol. The van der Waals surface area contributed by atoms with Crippen LogP contribution in [0.5, 0.6) is 0 Å². The van der Waals surface area contributed by atoms with Gasteiger partial charge in [-0.1, -0.05) is 18.2 Å². The monoisotopic (exact) mass is 234 g/mol. The molecule has 17 heavy (non-hydrogen) atoms. The van der Waals surface area contributed by atoms with Crippen molar-refractivity contribution in [3.05, 3.63) is 40.8 Å². The van der Waals surface area contributed by atoms with E-state index in [0.717, 1.165) is 9.36 Å². The fourth-order valence-electron chi connectivity index (χ4n) is 1.29. The van der Waals surface area contributed by atoms with Gasteiger partial charge in [0.2, 0.25) is 0 Å². The van der Waals surface area contributed by atoms with Gasteiger partial charge >= 0.3 is 11.7 Å². The summed E-state index contributed by atoms with van der Waals surface area (Å²) in [7, 11) is 1.25. The van der Waals surface area contributed by atoms with E-state index in [1.54, 1.807) is 24.3 Å². The fraction of sp³-hybridized carbons (Fsp3) is 0.200. The molecule has 0 saturated heterocycles. The number of rotatable bonds is 3. The second kappa shape index (κ2) is 4.60. The van der Waals surface area contributed by atoms with Crippen LogP contribution in [-0.4, -0.2) is 32.9 Å². The molecule has 1 heterocycles. The molecule has 0 spiro atoms. The maximum absolute atomic E-state index is 11.8. The maximum atomic E-state index is 11.8. The Morgan fingerprint density at radius 1 is 1.29 bits per heavy atom. The summed E-state index contributed by atoms with van der Waals surface area (Å²) in [4.78, 5) is 22.8. The first-order valence-corrected chi connectivity index (χ1v) is 4.87. The highest BCUT2D eigenvalue weighted by Gasteiger charge is 2.11. The van der Waals surface area contributed by atoms with Gasteiger partial charge in [0.1, 0.15) is 6.54 Å². The number of benzene rings is 1. The number of hydrogen-bond donors (Lipinski definition) is 0. The molecular weight excluding hydrogens is 224 g/mol. The minimum absolute atomic E-state index is 0.248. The van der Waals surface area contributed by atoms with Crippen LogP contribution in [0, 0.1) is 0 Å². The standard InChI is InChI=1S/C10H10N4O3/c1-17-9(15)7-13-10(16)14(12-11-13)8-5-3-2-4-6-8/h2-6H,7H2,1H3. The lowest BCUT2D eigenvalue weighted by molar-refractivity contribution is -0.141. The smallest absolute Gasteiger partial charge is 0.369 e. The summed E-state index contributed by atoms with van der Waals surface area (Å²) in [5.74, 6) is -0.549. The Labute approximate surface area is 96.2 Å². The van der Waals surface area contributed by atoms with E-state index in [-0.39, 0.29) is 6.54 Å². The minimum Gasteiger partial charge on any atom is -0.468 e. The van der Waals surface area contributed by atoms with Gasteiger partial charge < -0.3 is 4.74 Å². The van der Waals surface area contributed by atoms with Gasteiger partial charge in [0.05, 0.1) is 12.8 Å². The van der Waals surface area contributed by atoms with Crippen molar-refractivity contribution in [3.63, 3.8) is 0 Å². The minimum atomic E-state index is -0.549. The van der Waals surface area contributed by atoms with Gasteiger partial charge in [0.15, 0.2) is 0 Å². The average Bonchev–Trinajstić information content (AvgIpc) is 2.72. The second-order valence-electron chi connectivity index (χ2n) is 3.24. The first-order chi connectivity index (χ1) is 8.22. The van der Waals surface area contributed by atoms with Gasteiger partial charge in [-0.05, 0) is 22.6 Å². The van der Waals surface area contributed by atoms with Gasteiger partial charge in [-0.25, -0.2) is 4.79 Å². The molecular formula is C10H10N4O3. The molecule has 7 heteroatoms. The summed E-state index contributed by atoms with van der Waals surface area (Å²) in [6, 6.07) is 8.83. The molecule has 0 saturated carbocycles. The molecule has 0 radical (unpaired) electrons. The lowest BCUT2D eigenvalue weighted by atomic mass is 10.3. The van der Waals surface area contributed by atoms with Crippen molar-refractivity contribution < 1.29 is 9.53 Å². The number of carbonyl (C=O) groups excluding carboxylic acids is 1. The van der Waals surface area contributed by atoms with Crippen molar-refractivity contribution in [1.82, 2.24) is 19.8 Å². The SMILES string of the molecule is COC(=O)Cn1nnn(-c2ccccc2)c1=O. The molecule has 0 unspecified atom stereocenters. The summed E-state index contributed by atoms with van der Waals surface area (Å²) >= 11 is 0. The number of hydrogen-bond acceptors (Lipinski definition) is 5. The molecule has 7 nitrogen and oxygen atoms in total. The van der Waals surface area contributed by atoms with E-state index in [4.69, 9.17) is 0 Å². The van der Waals surface area contributed by atoms with E-state index in [1.165, 1.54) is 7.11 Å². The number of esters is 1. The van der Waals surface area contributed by atoms with Crippen LogP contribution in [0.25, 0.3) is 5.69 Å². The first-order valence-electron chi connectivity index (χ1n) is 4.87. The molecule has 88 valence electrons. The highest BCUT2D eigenvalue weighted by atomic mass is 16.5. The lowest BCUT2D eigenvalue weighted by Gasteiger charge is -1.97. The molecule has 0 atom stereocenters. The third kappa shape index (κ3) is 2.22. The van der Waals surface area contributed by atoms with Gasteiger partial charge in [0, 0.05) is 0 Å². The Balaban J connectivity index is 2.34. The van der Waals surface area contributed by atoms with Gasteiger partial charge in [-0.15, -0.1) is 0 Å². The molecule has 0 aliphatic carbocycles. The van der Waals surface area contributed by atoms with Crippen molar-refractivity contribution in [2.24, 2.45) is 0 Å². The third-order valence-corrected chi connectivity index (χ3v) is 2.15. The summed E-state index contributed by atoms with van der Waals surface area (Å²) in [6.07, 6.45) is 0. The van der Waals surface area contributed by atoms with Crippen LogP contribution in [-0.2, 0) is 16.1 Å². The molecule has 0 aliphatic rings. The van der Waals surface area contributed by atoms with Gasteiger partial charge in [0.25, 0.3) is 0 Å². The van der Waals surface area contributed by atoms with Crippen molar-refractivity contribution >= 4 is 5.97 Å². The lowest BCUT2D eigenvalue weighted by Crippen LogP contribution is -2.27. The molecule has 2 aromatic rings. The quantitative estimate of drug-likeness (QED) is 0.675. The van der Waals surface area contributed by atoms with Crippen LogP contribution in [0.15, 0.2) is 35.1 Å². The number of carbonyl (C=O) groups is 1. The Morgan fingerprint density at radius 3 is 2.65 bits per heavy atom. The van der Waals surface area contributed by atoms with Crippen LogP contribution >= 0.6 is 0 Å². The predicted molar refractivity (Wildman–Crippen MR) is 57.6 cm³/mol. The zero-order valence-corrected chi connectivity index (χ0v) is 9.11. The number of methoxy groups -OCH3 is 1. The molecule has 2 rings (SSSR count). The summed E-state index contributed by atoms with van der Waals surface area (Å²) in [6.45, 7) is -0.248. The molecule has 1 aromatic heterocycles. The van der Waals surface area contributed by atoms with E-state index in [2.05, 4.69) is 15.2 Å². The second-order valence-corrected chi connectivity index (χ2v) is 3.24.